The fourth-order valence-corrected chi connectivity index (χ4v) is 0.287. The third-order valence-electron chi connectivity index (χ3n) is 0.684. The van der Waals surface area contributed by atoms with Crippen molar-refractivity contribution < 1.29 is 14.6 Å². The summed E-state index contributed by atoms with van der Waals surface area (Å²) >= 11 is 0. The monoisotopic (exact) mass is 139 g/mol. The molecule has 0 unspecified atom stereocenters. The van der Waals surface area contributed by atoms with Crippen LogP contribution in [0.3, 0.4) is 0 Å². The van der Waals surface area contributed by atoms with Crippen molar-refractivity contribution in [1.82, 2.24) is 0 Å². The van der Waals surface area contributed by atoms with Gasteiger partial charge in [-0.1, -0.05) is 0 Å². The van der Waals surface area contributed by atoms with Crippen LogP contribution in [0.2, 0.25) is 0 Å². The summed E-state index contributed by atoms with van der Waals surface area (Å²) in [5.74, 6) is -0.306. The van der Waals surface area contributed by atoms with E-state index < -0.39 is 0 Å². The molecule has 0 spiro atoms. The van der Waals surface area contributed by atoms with E-state index in [2.05, 4.69) is 4.74 Å². The van der Waals surface area contributed by atoms with Gasteiger partial charge in [-0.3, -0.25) is 4.79 Å². The van der Waals surface area contributed by atoms with Crippen LogP contribution in [0.25, 0.3) is 0 Å². The number of carbonyl (C=O) groups excluding carboxylic acids is 1. The van der Waals surface area contributed by atoms with Crippen LogP contribution in [0.5, 0.6) is 0 Å². The molecule has 3 nitrogen and oxygen atoms in total. The first kappa shape index (κ1) is 11.8. The fourth-order valence-electron chi connectivity index (χ4n) is 0.287. The second-order valence-corrected chi connectivity index (χ2v) is 1.25. The molecule has 0 aliphatic rings. The third-order valence-corrected chi connectivity index (χ3v) is 0.684. The SMILES string of the molecule is COC(=CO)C(C)=O.[Na]. The molecule has 4 heteroatoms. The molecule has 0 amide bonds. The van der Waals surface area contributed by atoms with Gasteiger partial charge in [0.1, 0.15) is 6.26 Å². The largest absolute Gasteiger partial charge is 0.512 e. The van der Waals surface area contributed by atoms with Gasteiger partial charge >= 0.3 is 0 Å². The summed E-state index contributed by atoms with van der Waals surface area (Å²) in [4.78, 5) is 10.3. The first-order chi connectivity index (χ1) is 3.72. The van der Waals surface area contributed by atoms with Gasteiger partial charge in [0.2, 0.25) is 0 Å². The van der Waals surface area contributed by atoms with Crippen LogP contribution in [0.4, 0.5) is 0 Å². The van der Waals surface area contributed by atoms with Gasteiger partial charge in [0.15, 0.2) is 11.5 Å². The molecule has 0 saturated carbocycles. The number of ketones is 1. The molecule has 0 aromatic heterocycles. The molecule has 0 aromatic rings. The van der Waals surface area contributed by atoms with Gasteiger partial charge in [0.25, 0.3) is 0 Å². The van der Waals surface area contributed by atoms with Crippen LogP contribution >= 0.6 is 0 Å². The standard InChI is InChI=1S/C5H8O3.Na/c1-4(7)5(3-6)8-2;/h3,6H,1-2H3;. The van der Waals surface area contributed by atoms with Crippen LogP contribution in [-0.2, 0) is 9.53 Å². The molecule has 0 atom stereocenters. The van der Waals surface area contributed by atoms with E-state index in [1.165, 1.54) is 14.0 Å². The zero-order chi connectivity index (χ0) is 6.57. The molecule has 0 rings (SSSR count). The number of carbonyl (C=O) groups is 1. The number of ether oxygens (including phenoxy) is 1. The molecule has 0 bridgehead atoms. The molecule has 0 aromatic carbocycles. The maximum Gasteiger partial charge on any atom is 0.197 e. The van der Waals surface area contributed by atoms with Gasteiger partial charge in [-0.05, 0) is 0 Å². The Hall–Kier alpha value is 0.0100. The Bertz CT molecular complexity index is 119. The summed E-state index contributed by atoms with van der Waals surface area (Å²) in [6.45, 7) is 1.31. The second-order valence-electron chi connectivity index (χ2n) is 1.25. The number of aliphatic hydroxyl groups excluding tert-OH is 1. The minimum absolute atomic E-state index is 0. The van der Waals surface area contributed by atoms with E-state index in [0.717, 1.165) is 0 Å². The van der Waals surface area contributed by atoms with E-state index in [9.17, 15) is 4.79 Å². The number of aliphatic hydroxyl groups is 1. The predicted molar refractivity (Wildman–Crippen MR) is 34.2 cm³/mol. The number of allylic oxidation sites excluding steroid dienone is 1. The van der Waals surface area contributed by atoms with E-state index in [-0.39, 0.29) is 41.1 Å². The molecule has 1 radical (unpaired) electrons. The quantitative estimate of drug-likeness (QED) is 0.338. The van der Waals surface area contributed by atoms with Crippen molar-refractivity contribution in [1.29, 1.82) is 0 Å². The van der Waals surface area contributed by atoms with E-state index in [1.807, 2.05) is 0 Å². The molecule has 0 fully saturated rings. The molecule has 47 valence electrons. The topological polar surface area (TPSA) is 46.5 Å². The van der Waals surface area contributed by atoms with E-state index in [1.54, 1.807) is 0 Å². The third kappa shape index (κ3) is 4.51. The normalized spacial score (nSPS) is 9.78. The minimum Gasteiger partial charge on any atom is -0.512 e. The summed E-state index contributed by atoms with van der Waals surface area (Å²) in [6.07, 6.45) is 0.641. The van der Waals surface area contributed by atoms with Crippen LogP contribution < -0.4 is 0 Å². The average molecular weight is 139 g/mol. The molecule has 0 heterocycles. The Morgan fingerprint density at radius 1 is 1.67 bits per heavy atom. The smallest absolute Gasteiger partial charge is 0.197 e. The maximum atomic E-state index is 10.3. The number of hydrogen-bond donors (Lipinski definition) is 1. The van der Waals surface area contributed by atoms with Crippen molar-refractivity contribution in [2.75, 3.05) is 7.11 Å². The van der Waals surface area contributed by atoms with E-state index in [0.29, 0.717) is 6.26 Å². The molecular weight excluding hydrogens is 131 g/mol. The summed E-state index contributed by atoms with van der Waals surface area (Å²) in [6, 6.07) is 0. The Morgan fingerprint density at radius 3 is 2.11 bits per heavy atom. The molecular formula is C5H8NaO3. The number of hydrogen-bond acceptors (Lipinski definition) is 3. The Balaban J connectivity index is 0. The number of methoxy groups -OCH3 is 1. The summed E-state index contributed by atoms with van der Waals surface area (Å²) < 4.78 is 4.42. The van der Waals surface area contributed by atoms with Crippen LogP contribution in [0, 0.1) is 0 Å². The molecule has 0 aliphatic heterocycles. The number of Topliss-reactive ketones (excluding diaryl/α,β-unsaturated/α-hetero) is 1. The zero-order valence-electron chi connectivity index (χ0n) is 5.84. The van der Waals surface area contributed by atoms with Gasteiger partial charge in [-0.15, -0.1) is 0 Å². The van der Waals surface area contributed by atoms with Crippen molar-refractivity contribution in [2.45, 2.75) is 6.92 Å². The van der Waals surface area contributed by atoms with Gasteiger partial charge in [0.05, 0.1) is 7.11 Å². The Kier molecular flexibility index (Phi) is 8.02. The van der Waals surface area contributed by atoms with E-state index in [4.69, 9.17) is 5.11 Å². The van der Waals surface area contributed by atoms with Gasteiger partial charge in [-0.2, -0.15) is 0 Å². The van der Waals surface area contributed by atoms with Crippen molar-refractivity contribution in [3.05, 3.63) is 12.0 Å². The second kappa shape index (κ2) is 6.13. The molecule has 9 heavy (non-hydrogen) atoms. The van der Waals surface area contributed by atoms with E-state index >= 15 is 0 Å². The van der Waals surface area contributed by atoms with Crippen LogP contribution in [0.15, 0.2) is 12.0 Å². The summed E-state index contributed by atoms with van der Waals surface area (Å²) in [7, 11) is 1.32. The predicted octanol–water partition coefficient (Wildman–Crippen LogP) is 0.240. The fraction of sp³-hybridized carbons (Fsp3) is 0.400. The van der Waals surface area contributed by atoms with Gasteiger partial charge in [-0.25, -0.2) is 0 Å². The average Bonchev–Trinajstić information content (AvgIpc) is 1.69. The molecule has 0 saturated heterocycles. The Labute approximate surface area is 76.0 Å². The van der Waals surface area contributed by atoms with Crippen molar-refractivity contribution in [3.63, 3.8) is 0 Å². The maximum absolute atomic E-state index is 10.3. The first-order valence-corrected chi connectivity index (χ1v) is 2.11. The Morgan fingerprint density at radius 2 is 2.11 bits per heavy atom. The molecule has 0 aliphatic carbocycles. The van der Waals surface area contributed by atoms with Crippen molar-refractivity contribution in [3.8, 4) is 0 Å². The first-order valence-electron chi connectivity index (χ1n) is 2.11. The molecule has 1 N–H and O–H groups in total. The van der Waals surface area contributed by atoms with Gasteiger partial charge < -0.3 is 9.84 Å². The van der Waals surface area contributed by atoms with Crippen molar-refractivity contribution in [2.24, 2.45) is 0 Å². The number of rotatable bonds is 2. The summed E-state index contributed by atoms with van der Waals surface area (Å²) in [5.41, 5.74) is 0. The summed E-state index contributed by atoms with van der Waals surface area (Å²) in [5, 5.41) is 8.19. The van der Waals surface area contributed by atoms with Crippen LogP contribution in [-0.4, -0.2) is 47.6 Å². The minimum atomic E-state index is -0.282. The van der Waals surface area contributed by atoms with Crippen molar-refractivity contribution >= 4 is 35.3 Å². The van der Waals surface area contributed by atoms with Gasteiger partial charge in [0, 0.05) is 36.5 Å². The zero-order valence-corrected chi connectivity index (χ0v) is 7.84. The van der Waals surface area contributed by atoms with Crippen LogP contribution in [0.1, 0.15) is 6.92 Å².